The minimum absolute atomic E-state index is 0.0330. The molecule has 1 aromatic carbocycles. The SMILES string of the molecule is O=C(CC1(C(=O)O)CCC1)NC1(c2ccc(F)cc2)CCCC1. The zero-order chi connectivity index (χ0) is 16.5. The maximum Gasteiger partial charge on any atom is 0.310 e. The molecule has 0 aromatic heterocycles. The van der Waals surface area contributed by atoms with Gasteiger partial charge < -0.3 is 10.4 Å². The number of halogens is 1. The molecule has 1 amide bonds. The molecule has 3 rings (SSSR count). The number of amides is 1. The summed E-state index contributed by atoms with van der Waals surface area (Å²) < 4.78 is 13.2. The van der Waals surface area contributed by atoms with E-state index in [1.165, 1.54) is 12.1 Å². The zero-order valence-corrected chi connectivity index (χ0v) is 13.1. The van der Waals surface area contributed by atoms with Gasteiger partial charge in [-0.2, -0.15) is 0 Å². The average molecular weight is 319 g/mol. The highest BCUT2D eigenvalue weighted by molar-refractivity contribution is 5.86. The summed E-state index contributed by atoms with van der Waals surface area (Å²) in [5.74, 6) is -1.38. The Morgan fingerprint density at radius 1 is 1.04 bits per heavy atom. The Kier molecular flexibility index (Phi) is 4.13. The van der Waals surface area contributed by atoms with E-state index in [9.17, 15) is 19.1 Å². The molecule has 4 nitrogen and oxygen atoms in total. The molecule has 0 saturated heterocycles. The van der Waals surface area contributed by atoms with E-state index < -0.39 is 16.9 Å². The predicted molar refractivity (Wildman–Crippen MR) is 83.2 cm³/mol. The van der Waals surface area contributed by atoms with Gasteiger partial charge in [0.25, 0.3) is 0 Å². The quantitative estimate of drug-likeness (QED) is 0.874. The van der Waals surface area contributed by atoms with Crippen LogP contribution in [-0.4, -0.2) is 17.0 Å². The molecule has 124 valence electrons. The number of benzene rings is 1. The second kappa shape index (κ2) is 5.95. The lowest BCUT2D eigenvalue weighted by molar-refractivity contribution is -0.158. The van der Waals surface area contributed by atoms with Gasteiger partial charge in [0.2, 0.25) is 5.91 Å². The molecule has 0 spiro atoms. The molecule has 1 aromatic rings. The first-order valence-corrected chi connectivity index (χ1v) is 8.26. The Morgan fingerprint density at radius 3 is 2.13 bits per heavy atom. The number of nitrogens with one attached hydrogen (secondary N) is 1. The van der Waals surface area contributed by atoms with Gasteiger partial charge in [-0.15, -0.1) is 0 Å². The van der Waals surface area contributed by atoms with Gasteiger partial charge >= 0.3 is 5.97 Å². The fourth-order valence-electron chi connectivity index (χ4n) is 3.92. The molecule has 2 saturated carbocycles. The van der Waals surface area contributed by atoms with Crippen molar-refractivity contribution in [3.05, 3.63) is 35.6 Å². The van der Waals surface area contributed by atoms with Crippen LogP contribution < -0.4 is 5.32 Å². The van der Waals surface area contributed by atoms with Crippen molar-refractivity contribution in [3.63, 3.8) is 0 Å². The second-order valence-corrected chi connectivity index (χ2v) is 6.96. The fraction of sp³-hybridized carbons (Fsp3) is 0.556. The van der Waals surface area contributed by atoms with Crippen molar-refractivity contribution >= 4 is 11.9 Å². The van der Waals surface area contributed by atoms with Crippen molar-refractivity contribution in [2.75, 3.05) is 0 Å². The van der Waals surface area contributed by atoms with Gasteiger partial charge in [0.05, 0.1) is 11.0 Å². The molecule has 23 heavy (non-hydrogen) atoms. The summed E-state index contributed by atoms with van der Waals surface area (Å²) in [6.45, 7) is 0. The molecule has 2 aliphatic rings. The van der Waals surface area contributed by atoms with Gasteiger partial charge in [-0.3, -0.25) is 9.59 Å². The van der Waals surface area contributed by atoms with Crippen molar-refractivity contribution in [3.8, 4) is 0 Å². The summed E-state index contributed by atoms with van der Waals surface area (Å²) >= 11 is 0. The molecule has 0 heterocycles. The summed E-state index contributed by atoms with van der Waals surface area (Å²) in [5, 5.41) is 12.5. The molecule has 2 N–H and O–H groups in total. The molecule has 0 aliphatic heterocycles. The van der Waals surface area contributed by atoms with E-state index in [-0.39, 0.29) is 18.1 Å². The number of carboxylic acids is 1. The average Bonchev–Trinajstić information content (AvgIpc) is 2.92. The van der Waals surface area contributed by atoms with E-state index in [1.807, 2.05) is 0 Å². The second-order valence-electron chi connectivity index (χ2n) is 6.96. The Hall–Kier alpha value is -1.91. The lowest BCUT2D eigenvalue weighted by atomic mass is 9.66. The first kappa shape index (κ1) is 16.0. The molecule has 0 unspecified atom stereocenters. The zero-order valence-electron chi connectivity index (χ0n) is 13.1. The standard InChI is InChI=1S/C18H22FNO3/c19-14-6-4-13(5-7-14)18(10-1-2-11-18)20-15(21)12-17(16(22)23)8-3-9-17/h4-7H,1-3,8-12H2,(H,20,21)(H,22,23). The van der Waals surface area contributed by atoms with Gasteiger partial charge in [0.15, 0.2) is 0 Å². The topological polar surface area (TPSA) is 66.4 Å². The number of hydrogen-bond acceptors (Lipinski definition) is 2. The highest BCUT2D eigenvalue weighted by atomic mass is 19.1. The van der Waals surface area contributed by atoms with E-state index in [0.717, 1.165) is 37.7 Å². The first-order chi connectivity index (χ1) is 11.0. The van der Waals surface area contributed by atoms with Gasteiger partial charge in [-0.25, -0.2) is 4.39 Å². The van der Waals surface area contributed by atoms with Crippen molar-refractivity contribution in [2.24, 2.45) is 5.41 Å². The van der Waals surface area contributed by atoms with Crippen LogP contribution in [0.25, 0.3) is 0 Å². The van der Waals surface area contributed by atoms with Crippen LogP contribution in [0.4, 0.5) is 4.39 Å². The van der Waals surface area contributed by atoms with Crippen LogP contribution >= 0.6 is 0 Å². The largest absolute Gasteiger partial charge is 0.481 e. The Morgan fingerprint density at radius 2 is 1.65 bits per heavy atom. The van der Waals surface area contributed by atoms with Crippen LogP contribution in [-0.2, 0) is 15.1 Å². The fourth-order valence-corrected chi connectivity index (χ4v) is 3.92. The minimum atomic E-state index is -0.882. The lowest BCUT2D eigenvalue weighted by Gasteiger charge is -2.39. The Labute approximate surface area is 135 Å². The van der Waals surface area contributed by atoms with Gasteiger partial charge in [-0.05, 0) is 43.4 Å². The molecule has 0 bridgehead atoms. The monoisotopic (exact) mass is 319 g/mol. The molecular weight excluding hydrogens is 297 g/mol. The number of carbonyl (C=O) groups is 2. The number of carboxylic acid groups (broad SMARTS) is 1. The number of carbonyl (C=O) groups excluding carboxylic acids is 1. The maximum absolute atomic E-state index is 13.2. The summed E-state index contributed by atoms with van der Waals surface area (Å²) in [5.41, 5.74) is -0.455. The highest BCUT2D eigenvalue weighted by Crippen LogP contribution is 2.45. The van der Waals surface area contributed by atoms with Crippen molar-refractivity contribution in [1.29, 1.82) is 0 Å². The summed E-state index contributed by atoms with van der Waals surface area (Å²) in [4.78, 5) is 24.0. The minimum Gasteiger partial charge on any atom is -0.481 e. The molecular formula is C18H22FNO3. The normalized spacial score (nSPS) is 21.4. The van der Waals surface area contributed by atoms with Crippen LogP contribution in [0.1, 0.15) is 56.9 Å². The van der Waals surface area contributed by atoms with Crippen LogP contribution in [0.3, 0.4) is 0 Å². The summed E-state index contributed by atoms with van der Waals surface area (Å²) in [7, 11) is 0. The molecule has 0 radical (unpaired) electrons. The third-order valence-corrected chi connectivity index (χ3v) is 5.50. The van der Waals surface area contributed by atoms with Crippen molar-refractivity contribution in [2.45, 2.75) is 56.9 Å². The van der Waals surface area contributed by atoms with Crippen molar-refractivity contribution in [1.82, 2.24) is 5.32 Å². The highest BCUT2D eigenvalue weighted by Gasteiger charge is 2.47. The molecule has 2 fully saturated rings. The van der Waals surface area contributed by atoms with E-state index in [0.29, 0.717) is 12.8 Å². The third kappa shape index (κ3) is 2.96. The molecule has 2 aliphatic carbocycles. The summed E-state index contributed by atoms with van der Waals surface area (Å²) in [6, 6.07) is 6.26. The van der Waals surface area contributed by atoms with E-state index >= 15 is 0 Å². The van der Waals surface area contributed by atoms with Crippen LogP contribution in [0.2, 0.25) is 0 Å². The lowest BCUT2D eigenvalue weighted by Crippen LogP contribution is -2.48. The van der Waals surface area contributed by atoms with E-state index in [2.05, 4.69) is 5.32 Å². The van der Waals surface area contributed by atoms with Crippen molar-refractivity contribution < 1.29 is 19.1 Å². The summed E-state index contributed by atoms with van der Waals surface area (Å²) in [6.07, 6.45) is 5.66. The number of rotatable bonds is 5. The Bertz CT molecular complexity index is 601. The number of aliphatic carboxylic acids is 1. The van der Waals surface area contributed by atoms with Gasteiger partial charge in [0, 0.05) is 6.42 Å². The van der Waals surface area contributed by atoms with Crippen LogP contribution in [0.15, 0.2) is 24.3 Å². The van der Waals surface area contributed by atoms with Gasteiger partial charge in [0.1, 0.15) is 5.82 Å². The maximum atomic E-state index is 13.2. The molecule has 0 atom stereocenters. The predicted octanol–water partition coefficient (Wildman–Crippen LogP) is 3.36. The third-order valence-electron chi connectivity index (χ3n) is 5.50. The smallest absolute Gasteiger partial charge is 0.310 e. The van der Waals surface area contributed by atoms with E-state index in [4.69, 9.17) is 0 Å². The van der Waals surface area contributed by atoms with Gasteiger partial charge in [-0.1, -0.05) is 31.4 Å². The van der Waals surface area contributed by atoms with Crippen LogP contribution in [0.5, 0.6) is 0 Å². The Balaban J connectivity index is 1.76. The number of hydrogen-bond donors (Lipinski definition) is 2. The van der Waals surface area contributed by atoms with E-state index in [1.54, 1.807) is 12.1 Å². The molecule has 5 heteroatoms. The van der Waals surface area contributed by atoms with Crippen LogP contribution in [0, 0.1) is 11.2 Å². The first-order valence-electron chi connectivity index (χ1n) is 8.26.